The lowest BCUT2D eigenvalue weighted by Crippen LogP contribution is -2.31. The van der Waals surface area contributed by atoms with Gasteiger partial charge in [0.05, 0.1) is 31.8 Å². The summed E-state index contributed by atoms with van der Waals surface area (Å²) in [5.74, 6) is 2.71. The van der Waals surface area contributed by atoms with Crippen LogP contribution in [0.15, 0.2) is 35.6 Å². The first kappa shape index (κ1) is 23.6. The third-order valence-corrected chi connectivity index (χ3v) is 5.15. The Kier molecular flexibility index (Phi) is 8.93. The number of amides is 1. The molecular weight excluding hydrogens is 432 g/mol. The first-order valence-corrected chi connectivity index (χ1v) is 11.3. The Hall–Kier alpha value is -3.05. The quantitative estimate of drug-likeness (QED) is 0.225. The van der Waals surface area contributed by atoms with E-state index in [0.29, 0.717) is 37.1 Å². The van der Waals surface area contributed by atoms with Gasteiger partial charge in [-0.15, -0.1) is 0 Å². The predicted molar refractivity (Wildman–Crippen MR) is 124 cm³/mol. The van der Waals surface area contributed by atoms with E-state index >= 15 is 0 Å². The molecule has 172 valence electrons. The Morgan fingerprint density at radius 1 is 1.12 bits per heavy atom. The number of ether oxygens (including phenoxy) is 3. The SMILES string of the molecule is CCSc1nc(NCCOC)c2cnn(CCNC(=O)COc3ccc(OC)cc3)c2n1. The van der Waals surface area contributed by atoms with Gasteiger partial charge in [-0.2, -0.15) is 5.10 Å². The maximum Gasteiger partial charge on any atom is 0.258 e. The van der Waals surface area contributed by atoms with Crippen molar-refractivity contribution in [2.24, 2.45) is 0 Å². The highest BCUT2D eigenvalue weighted by molar-refractivity contribution is 7.99. The van der Waals surface area contributed by atoms with Crippen LogP contribution in [0.5, 0.6) is 11.5 Å². The van der Waals surface area contributed by atoms with Crippen LogP contribution in [0.1, 0.15) is 6.92 Å². The van der Waals surface area contributed by atoms with Gasteiger partial charge in [0, 0.05) is 20.2 Å². The number of hydrogen-bond acceptors (Lipinski definition) is 9. The zero-order valence-electron chi connectivity index (χ0n) is 18.5. The molecule has 0 unspecified atom stereocenters. The second kappa shape index (κ2) is 12.1. The van der Waals surface area contributed by atoms with Crippen molar-refractivity contribution in [3.05, 3.63) is 30.5 Å². The Bertz CT molecular complexity index is 1010. The summed E-state index contributed by atoms with van der Waals surface area (Å²) >= 11 is 1.56. The summed E-state index contributed by atoms with van der Waals surface area (Å²) in [5.41, 5.74) is 0.722. The fourth-order valence-electron chi connectivity index (χ4n) is 2.87. The van der Waals surface area contributed by atoms with Crippen molar-refractivity contribution in [2.45, 2.75) is 18.6 Å². The van der Waals surface area contributed by atoms with Gasteiger partial charge in [-0.05, 0) is 30.0 Å². The fourth-order valence-corrected chi connectivity index (χ4v) is 3.44. The molecule has 3 rings (SSSR count). The number of thioether (sulfide) groups is 1. The number of carbonyl (C=O) groups is 1. The topological polar surface area (TPSA) is 112 Å². The van der Waals surface area contributed by atoms with Crippen LogP contribution >= 0.6 is 11.8 Å². The van der Waals surface area contributed by atoms with Crippen LogP contribution in [0.3, 0.4) is 0 Å². The third-order valence-electron chi connectivity index (χ3n) is 4.42. The van der Waals surface area contributed by atoms with Crippen LogP contribution in [0, 0.1) is 0 Å². The molecule has 0 aliphatic heterocycles. The Balaban J connectivity index is 1.57. The van der Waals surface area contributed by atoms with Gasteiger partial charge in [0.25, 0.3) is 5.91 Å². The van der Waals surface area contributed by atoms with Gasteiger partial charge in [-0.3, -0.25) is 4.79 Å². The summed E-state index contributed by atoms with van der Waals surface area (Å²) in [4.78, 5) is 21.4. The smallest absolute Gasteiger partial charge is 0.258 e. The second-order valence-electron chi connectivity index (χ2n) is 6.63. The number of hydrogen-bond donors (Lipinski definition) is 2. The number of benzene rings is 1. The molecule has 2 N–H and O–H groups in total. The molecule has 0 saturated carbocycles. The van der Waals surface area contributed by atoms with Crippen molar-refractivity contribution in [2.75, 3.05) is 51.6 Å². The van der Waals surface area contributed by atoms with Crippen molar-refractivity contribution < 1.29 is 19.0 Å². The maximum atomic E-state index is 12.1. The van der Waals surface area contributed by atoms with E-state index in [1.54, 1.807) is 61.1 Å². The van der Waals surface area contributed by atoms with Gasteiger partial charge in [-0.25, -0.2) is 14.6 Å². The minimum Gasteiger partial charge on any atom is -0.497 e. The number of fused-ring (bicyclic) bond motifs is 1. The molecule has 1 aromatic carbocycles. The van der Waals surface area contributed by atoms with Crippen LogP contribution in [-0.4, -0.2) is 71.9 Å². The van der Waals surface area contributed by atoms with Crippen LogP contribution in [0.4, 0.5) is 5.82 Å². The van der Waals surface area contributed by atoms with E-state index in [4.69, 9.17) is 14.2 Å². The Labute approximate surface area is 191 Å². The Morgan fingerprint density at radius 2 is 1.91 bits per heavy atom. The third kappa shape index (κ3) is 6.47. The average molecular weight is 461 g/mol. The van der Waals surface area contributed by atoms with Gasteiger partial charge in [0.2, 0.25) is 0 Å². The molecule has 0 bridgehead atoms. The summed E-state index contributed by atoms with van der Waals surface area (Å²) in [6.07, 6.45) is 1.74. The van der Waals surface area contributed by atoms with E-state index in [-0.39, 0.29) is 12.5 Å². The van der Waals surface area contributed by atoms with Crippen LogP contribution < -0.4 is 20.1 Å². The van der Waals surface area contributed by atoms with Crippen LogP contribution in [0.2, 0.25) is 0 Å². The molecule has 2 heterocycles. The molecule has 32 heavy (non-hydrogen) atoms. The number of rotatable bonds is 13. The average Bonchev–Trinajstić information content (AvgIpc) is 3.21. The van der Waals surface area contributed by atoms with Gasteiger partial charge in [0.1, 0.15) is 17.3 Å². The summed E-state index contributed by atoms with van der Waals surface area (Å²) in [5, 5.41) is 12.1. The molecule has 11 heteroatoms. The number of nitrogens with zero attached hydrogens (tertiary/aromatic N) is 4. The van der Waals surface area contributed by atoms with Crippen molar-refractivity contribution in [3.63, 3.8) is 0 Å². The normalized spacial score (nSPS) is 10.8. The molecule has 0 radical (unpaired) electrons. The lowest BCUT2D eigenvalue weighted by molar-refractivity contribution is -0.123. The van der Waals surface area contributed by atoms with Crippen molar-refractivity contribution >= 4 is 34.5 Å². The van der Waals surface area contributed by atoms with Gasteiger partial charge in [-0.1, -0.05) is 18.7 Å². The van der Waals surface area contributed by atoms with E-state index in [9.17, 15) is 4.79 Å². The lowest BCUT2D eigenvalue weighted by atomic mass is 10.3. The minimum atomic E-state index is -0.212. The summed E-state index contributed by atoms with van der Waals surface area (Å²) in [6, 6.07) is 7.07. The molecule has 0 spiro atoms. The van der Waals surface area contributed by atoms with Crippen molar-refractivity contribution in [3.8, 4) is 11.5 Å². The Morgan fingerprint density at radius 3 is 2.62 bits per heavy atom. The zero-order valence-corrected chi connectivity index (χ0v) is 19.3. The largest absolute Gasteiger partial charge is 0.497 e. The maximum absolute atomic E-state index is 12.1. The van der Waals surface area contributed by atoms with Crippen LogP contribution in [0.25, 0.3) is 11.0 Å². The first-order valence-electron chi connectivity index (χ1n) is 10.3. The van der Waals surface area contributed by atoms with Crippen LogP contribution in [-0.2, 0) is 16.1 Å². The van der Waals surface area contributed by atoms with E-state index in [1.165, 1.54) is 0 Å². The summed E-state index contributed by atoms with van der Waals surface area (Å²) < 4.78 is 17.5. The first-order chi connectivity index (χ1) is 15.6. The number of nitrogens with one attached hydrogen (secondary N) is 2. The van der Waals surface area contributed by atoms with E-state index in [2.05, 4.69) is 32.6 Å². The lowest BCUT2D eigenvalue weighted by Gasteiger charge is -2.10. The molecule has 1 amide bonds. The number of carbonyl (C=O) groups excluding carboxylic acids is 1. The zero-order chi connectivity index (χ0) is 22.8. The molecule has 2 aromatic heterocycles. The monoisotopic (exact) mass is 460 g/mol. The molecule has 0 fully saturated rings. The molecule has 0 aliphatic carbocycles. The highest BCUT2D eigenvalue weighted by Crippen LogP contribution is 2.24. The molecule has 0 atom stereocenters. The minimum absolute atomic E-state index is 0.0702. The standard InChI is InChI=1S/C21H28N6O4S/c1-4-32-21-25-19(23-10-12-29-2)17-13-24-27(20(17)26-21)11-9-22-18(28)14-31-16-7-5-15(30-3)6-8-16/h5-8,13H,4,9-12,14H2,1-3H3,(H,22,28)(H,23,25,26). The predicted octanol–water partition coefficient (Wildman–Crippen LogP) is 2.20. The molecule has 0 saturated heterocycles. The molecular formula is C21H28N6O4S. The second-order valence-corrected chi connectivity index (χ2v) is 7.86. The van der Waals surface area contributed by atoms with Gasteiger partial charge in [0.15, 0.2) is 17.4 Å². The van der Waals surface area contributed by atoms with E-state index < -0.39 is 0 Å². The summed E-state index contributed by atoms with van der Waals surface area (Å²) in [7, 11) is 3.25. The van der Waals surface area contributed by atoms with Gasteiger partial charge < -0.3 is 24.8 Å². The van der Waals surface area contributed by atoms with Crippen molar-refractivity contribution in [1.29, 1.82) is 0 Å². The van der Waals surface area contributed by atoms with E-state index in [0.717, 1.165) is 28.4 Å². The fraction of sp³-hybridized carbons (Fsp3) is 0.429. The molecule has 0 aliphatic rings. The number of methoxy groups -OCH3 is 2. The van der Waals surface area contributed by atoms with Crippen molar-refractivity contribution in [1.82, 2.24) is 25.1 Å². The van der Waals surface area contributed by atoms with E-state index in [1.807, 2.05) is 0 Å². The highest BCUT2D eigenvalue weighted by Gasteiger charge is 2.13. The van der Waals surface area contributed by atoms with Gasteiger partial charge >= 0.3 is 0 Å². The molecule has 10 nitrogen and oxygen atoms in total. The number of aromatic nitrogens is 4. The molecule has 3 aromatic rings. The highest BCUT2D eigenvalue weighted by atomic mass is 32.2. The number of anilines is 1. The summed E-state index contributed by atoms with van der Waals surface area (Å²) in [6.45, 7) is 4.06.